The van der Waals surface area contributed by atoms with Gasteiger partial charge in [-0.15, -0.1) is 12.4 Å². The number of hydrogen-bond donors (Lipinski definition) is 0. The highest BCUT2D eigenvalue weighted by atomic mass is 35.5. The highest BCUT2D eigenvalue weighted by Gasteiger charge is 2.37. The van der Waals surface area contributed by atoms with Crippen LogP contribution in [-0.2, 0) is 12.0 Å². The van der Waals surface area contributed by atoms with Crippen LogP contribution in [-0.4, -0.2) is 30.7 Å². The Morgan fingerprint density at radius 3 is 2.34 bits per heavy atom. The monoisotopic (exact) mass is 462 g/mol. The third-order valence-corrected chi connectivity index (χ3v) is 6.48. The topological polar surface area (TPSA) is 45.5 Å². The molecule has 0 N–H and O–H groups in total. The smallest absolute Gasteiger partial charge is 0.387 e. The molecule has 0 unspecified atom stereocenters. The van der Waals surface area contributed by atoms with Gasteiger partial charge in [0, 0.05) is 19.6 Å². The summed E-state index contributed by atoms with van der Waals surface area (Å²) in [5.74, 6) is 0.367. The fourth-order valence-electron chi connectivity index (χ4n) is 4.68. The van der Waals surface area contributed by atoms with E-state index in [1.807, 2.05) is 18.2 Å². The SMILES string of the molecule is Cl.N#CC1(c2ccc(OC(F)F)c(OC3CCCC3)c2)CCN(Cc2ccccc2)CC1. The Morgan fingerprint density at radius 1 is 1.03 bits per heavy atom. The maximum atomic E-state index is 12.9. The molecular formula is C25H29ClF2N2O2. The summed E-state index contributed by atoms with van der Waals surface area (Å²) in [6.07, 6.45) is 5.37. The Hall–Kier alpha value is -2.36. The molecule has 2 aliphatic rings. The summed E-state index contributed by atoms with van der Waals surface area (Å²) >= 11 is 0. The number of piperidine rings is 1. The lowest BCUT2D eigenvalue weighted by atomic mass is 9.74. The third kappa shape index (κ3) is 5.70. The normalized spacial score (nSPS) is 18.7. The zero-order valence-corrected chi connectivity index (χ0v) is 18.8. The van der Waals surface area contributed by atoms with Crippen LogP contribution in [0.1, 0.15) is 49.7 Å². The lowest BCUT2D eigenvalue weighted by molar-refractivity contribution is -0.0520. The van der Waals surface area contributed by atoms with Gasteiger partial charge in [-0.25, -0.2) is 0 Å². The van der Waals surface area contributed by atoms with E-state index < -0.39 is 12.0 Å². The molecule has 7 heteroatoms. The predicted molar refractivity (Wildman–Crippen MR) is 121 cm³/mol. The van der Waals surface area contributed by atoms with Crippen LogP contribution in [0.3, 0.4) is 0 Å². The van der Waals surface area contributed by atoms with E-state index in [0.717, 1.165) is 50.9 Å². The molecule has 0 bridgehead atoms. The number of halogens is 3. The lowest BCUT2D eigenvalue weighted by Gasteiger charge is -2.38. The molecule has 4 rings (SSSR count). The van der Waals surface area contributed by atoms with Gasteiger partial charge >= 0.3 is 6.61 Å². The molecular weight excluding hydrogens is 434 g/mol. The van der Waals surface area contributed by atoms with Gasteiger partial charge in [-0.2, -0.15) is 14.0 Å². The van der Waals surface area contributed by atoms with Gasteiger partial charge in [-0.05, 0) is 61.8 Å². The van der Waals surface area contributed by atoms with Gasteiger partial charge in [-0.1, -0.05) is 36.4 Å². The van der Waals surface area contributed by atoms with E-state index in [1.54, 1.807) is 12.1 Å². The van der Waals surface area contributed by atoms with Crippen LogP contribution in [0.5, 0.6) is 11.5 Å². The molecule has 32 heavy (non-hydrogen) atoms. The summed E-state index contributed by atoms with van der Waals surface area (Å²) in [5.41, 5.74) is 1.43. The minimum absolute atomic E-state index is 0. The van der Waals surface area contributed by atoms with Gasteiger partial charge in [0.15, 0.2) is 11.5 Å². The standard InChI is InChI=1S/C25H28F2N2O2.ClH/c26-24(27)31-22-11-10-20(16-23(22)30-21-8-4-5-9-21)25(18-28)12-14-29(15-13-25)17-19-6-2-1-3-7-19;/h1-3,6-7,10-11,16,21,24H,4-5,8-9,12-15,17H2;1H. The van der Waals surface area contributed by atoms with Gasteiger partial charge in [0.25, 0.3) is 0 Å². The van der Waals surface area contributed by atoms with E-state index >= 15 is 0 Å². The average molecular weight is 463 g/mol. The molecule has 2 aromatic rings. The van der Waals surface area contributed by atoms with Crippen molar-refractivity contribution in [1.82, 2.24) is 4.90 Å². The average Bonchev–Trinajstić information content (AvgIpc) is 3.29. The summed E-state index contributed by atoms with van der Waals surface area (Å²) in [5, 5.41) is 10.1. The van der Waals surface area contributed by atoms with E-state index in [1.165, 1.54) is 11.6 Å². The van der Waals surface area contributed by atoms with Crippen molar-refractivity contribution in [1.29, 1.82) is 5.26 Å². The van der Waals surface area contributed by atoms with Gasteiger partial charge < -0.3 is 9.47 Å². The van der Waals surface area contributed by atoms with E-state index in [2.05, 4.69) is 23.1 Å². The van der Waals surface area contributed by atoms with E-state index in [0.29, 0.717) is 18.6 Å². The van der Waals surface area contributed by atoms with Crippen molar-refractivity contribution in [2.24, 2.45) is 0 Å². The van der Waals surface area contributed by atoms with Crippen molar-refractivity contribution in [2.45, 2.75) is 63.2 Å². The molecule has 0 spiro atoms. The minimum Gasteiger partial charge on any atom is -0.487 e. The Balaban J connectivity index is 0.00000289. The van der Waals surface area contributed by atoms with Crippen LogP contribution >= 0.6 is 12.4 Å². The molecule has 1 aliphatic heterocycles. The first-order chi connectivity index (χ1) is 15.1. The number of nitrogens with zero attached hydrogens (tertiary/aromatic N) is 2. The van der Waals surface area contributed by atoms with E-state index in [-0.39, 0.29) is 24.3 Å². The van der Waals surface area contributed by atoms with Gasteiger partial charge in [0.05, 0.1) is 17.6 Å². The quantitative estimate of drug-likeness (QED) is 0.499. The van der Waals surface area contributed by atoms with Crippen molar-refractivity contribution >= 4 is 12.4 Å². The van der Waals surface area contributed by atoms with E-state index in [4.69, 9.17) is 9.47 Å². The number of benzene rings is 2. The molecule has 1 aliphatic carbocycles. The maximum Gasteiger partial charge on any atom is 0.387 e. The zero-order valence-electron chi connectivity index (χ0n) is 18.0. The van der Waals surface area contributed by atoms with Crippen LogP contribution in [0, 0.1) is 11.3 Å². The summed E-state index contributed by atoms with van der Waals surface area (Å²) in [6.45, 7) is -0.449. The highest BCUT2D eigenvalue weighted by molar-refractivity contribution is 5.85. The first kappa shape index (κ1) is 24.3. The summed E-state index contributed by atoms with van der Waals surface area (Å²) < 4.78 is 36.5. The van der Waals surface area contributed by atoms with Gasteiger partial charge in [0.2, 0.25) is 0 Å². The number of ether oxygens (including phenoxy) is 2. The third-order valence-electron chi connectivity index (χ3n) is 6.48. The molecule has 1 saturated heterocycles. The van der Waals surface area contributed by atoms with Crippen LogP contribution in [0.15, 0.2) is 48.5 Å². The first-order valence-corrected chi connectivity index (χ1v) is 11.0. The summed E-state index contributed by atoms with van der Waals surface area (Å²) in [6, 6.07) is 17.9. The molecule has 1 heterocycles. The molecule has 0 atom stereocenters. The Bertz CT molecular complexity index is 906. The Morgan fingerprint density at radius 2 is 1.72 bits per heavy atom. The fourth-order valence-corrected chi connectivity index (χ4v) is 4.68. The van der Waals surface area contributed by atoms with Crippen LogP contribution in [0.4, 0.5) is 8.78 Å². The molecule has 0 amide bonds. The second-order valence-corrected chi connectivity index (χ2v) is 8.52. The molecule has 4 nitrogen and oxygen atoms in total. The van der Waals surface area contributed by atoms with Crippen molar-refractivity contribution in [3.63, 3.8) is 0 Å². The molecule has 0 radical (unpaired) electrons. The zero-order chi connectivity index (χ0) is 21.7. The van der Waals surface area contributed by atoms with Crippen LogP contribution in [0.25, 0.3) is 0 Å². The van der Waals surface area contributed by atoms with Crippen molar-refractivity contribution in [3.8, 4) is 17.6 Å². The van der Waals surface area contributed by atoms with Gasteiger partial charge in [-0.3, -0.25) is 4.90 Å². The second kappa shape index (κ2) is 11.0. The number of hydrogen-bond acceptors (Lipinski definition) is 4. The number of nitriles is 1. The molecule has 1 saturated carbocycles. The number of rotatable bonds is 7. The predicted octanol–water partition coefficient (Wildman–Crippen LogP) is 6.09. The maximum absolute atomic E-state index is 12.9. The fraction of sp³-hybridized carbons (Fsp3) is 0.480. The molecule has 172 valence electrons. The van der Waals surface area contributed by atoms with Crippen molar-refractivity contribution < 1.29 is 18.3 Å². The summed E-state index contributed by atoms with van der Waals surface area (Å²) in [7, 11) is 0. The van der Waals surface area contributed by atoms with Gasteiger partial charge in [0.1, 0.15) is 0 Å². The van der Waals surface area contributed by atoms with Crippen molar-refractivity contribution in [3.05, 3.63) is 59.7 Å². The summed E-state index contributed by atoms with van der Waals surface area (Å²) in [4.78, 5) is 2.36. The highest BCUT2D eigenvalue weighted by Crippen LogP contribution is 2.41. The first-order valence-electron chi connectivity index (χ1n) is 11.0. The second-order valence-electron chi connectivity index (χ2n) is 8.52. The minimum atomic E-state index is -2.91. The molecule has 2 aromatic carbocycles. The molecule has 0 aromatic heterocycles. The number of likely N-dealkylation sites (tertiary alicyclic amines) is 1. The Kier molecular flexibility index (Phi) is 8.33. The molecule has 2 fully saturated rings. The number of alkyl halides is 2. The Labute approximate surface area is 194 Å². The van der Waals surface area contributed by atoms with E-state index in [9.17, 15) is 14.0 Å². The van der Waals surface area contributed by atoms with Crippen LogP contribution < -0.4 is 9.47 Å². The lowest BCUT2D eigenvalue weighted by Crippen LogP contribution is -2.41. The largest absolute Gasteiger partial charge is 0.487 e. The van der Waals surface area contributed by atoms with Crippen LogP contribution in [0.2, 0.25) is 0 Å². The van der Waals surface area contributed by atoms with Crippen molar-refractivity contribution in [2.75, 3.05) is 13.1 Å².